The molecule has 0 aromatic heterocycles. The van der Waals surface area contributed by atoms with Gasteiger partial charge in [0.2, 0.25) is 23.4 Å². The molecule has 8 nitrogen and oxygen atoms in total. The van der Waals surface area contributed by atoms with Crippen molar-refractivity contribution in [2.24, 2.45) is 0 Å². The molecule has 20 heavy (non-hydrogen) atoms. The van der Waals surface area contributed by atoms with Crippen LogP contribution in [-0.2, 0) is 28.7 Å². The van der Waals surface area contributed by atoms with E-state index in [2.05, 4.69) is 10.6 Å². The van der Waals surface area contributed by atoms with Crippen molar-refractivity contribution in [3.8, 4) is 0 Å². The summed E-state index contributed by atoms with van der Waals surface area (Å²) < 4.78 is 9.69. The van der Waals surface area contributed by atoms with E-state index in [1.165, 1.54) is 28.1 Å². The smallest absolute Gasteiger partial charge is 0.250 e. The largest absolute Gasteiger partial charge is 0.491 e. The normalized spacial score (nSPS) is 15.2. The number of hydrogen-bond acceptors (Lipinski definition) is 6. The monoisotopic (exact) mass is 282 g/mol. The number of ketones is 2. The summed E-state index contributed by atoms with van der Waals surface area (Å²) in [7, 11) is 2.34. The molecule has 0 unspecified atom stereocenters. The molecule has 1 aliphatic rings. The van der Waals surface area contributed by atoms with Gasteiger partial charge in [0.15, 0.2) is 11.5 Å². The standard InChI is InChI=1S/C12H14N2O6/c1-5(15)13-7-9(17)12(20-4)8(14-6(2)16)10(18)11(7)19-3/h1-4H3,(H,13,15)(H,14,16). The molecule has 0 spiro atoms. The Morgan fingerprint density at radius 3 is 1.30 bits per heavy atom. The minimum atomic E-state index is -0.761. The maximum Gasteiger partial charge on any atom is 0.250 e. The van der Waals surface area contributed by atoms with E-state index in [4.69, 9.17) is 9.47 Å². The van der Waals surface area contributed by atoms with E-state index in [1.54, 1.807) is 0 Å². The maximum absolute atomic E-state index is 12.2. The average Bonchev–Trinajstić information content (AvgIpc) is 2.35. The average molecular weight is 282 g/mol. The quantitative estimate of drug-likeness (QED) is 0.648. The second-order valence-corrected chi connectivity index (χ2v) is 3.84. The van der Waals surface area contributed by atoms with Crippen LogP contribution in [0.4, 0.5) is 0 Å². The molecular weight excluding hydrogens is 268 g/mol. The van der Waals surface area contributed by atoms with Crippen LogP contribution in [0.25, 0.3) is 0 Å². The molecule has 0 atom stereocenters. The minimum absolute atomic E-state index is 0.323. The van der Waals surface area contributed by atoms with Crippen molar-refractivity contribution < 1.29 is 28.7 Å². The van der Waals surface area contributed by atoms with Crippen molar-refractivity contribution in [3.63, 3.8) is 0 Å². The van der Waals surface area contributed by atoms with Gasteiger partial charge in [-0.2, -0.15) is 0 Å². The molecule has 0 aromatic rings. The van der Waals surface area contributed by atoms with Crippen LogP contribution >= 0.6 is 0 Å². The van der Waals surface area contributed by atoms with Crippen molar-refractivity contribution in [1.29, 1.82) is 0 Å². The fourth-order valence-corrected chi connectivity index (χ4v) is 1.63. The molecule has 0 saturated carbocycles. The van der Waals surface area contributed by atoms with Crippen molar-refractivity contribution >= 4 is 23.4 Å². The molecule has 0 fully saturated rings. The number of Topliss-reactive ketones (excluding diaryl/α,β-unsaturated/α-hetero) is 2. The minimum Gasteiger partial charge on any atom is -0.491 e. The van der Waals surface area contributed by atoms with E-state index >= 15 is 0 Å². The number of rotatable bonds is 4. The molecule has 1 aliphatic carbocycles. The summed E-state index contributed by atoms with van der Waals surface area (Å²) in [6.45, 7) is 2.36. The maximum atomic E-state index is 12.2. The number of nitrogens with one attached hydrogen (secondary N) is 2. The Morgan fingerprint density at radius 1 is 0.800 bits per heavy atom. The number of hydrogen-bond donors (Lipinski definition) is 2. The Morgan fingerprint density at radius 2 is 1.10 bits per heavy atom. The summed E-state index contributed by atoms with van der Waals surface area (Å²) in [6, 6.07) is 0. The van der Waals surface area contributed by atoms with Gasteiger partial charge in [-0.1, -0.05) is 0 Å². The second-order valence-electron chi connectivity index (χ2n) is 3.84. The molecule has 0 radical (unpaired) electrons. The van der Waals surface area contributed by atoms with Crippen LogP contribution in [0.3, 0.4) is 0 Å². The molecule has 0 saturated heterocycles. The highest BCUT2D eigenvalue weighted by Crippen LogP contribution is 2.23. The Kier molecular flexibility index (Phi) is 4.63. The van der Waals surface area contributed by atoms with Crippen LogP contribution in [-0.4, -0.2) is 37.6 Å². The summed E-state index contributed by atoms with van der Waals surface area (Å²) >= 11 is 0. The summed E-state index contributed by atoms with van der Waals surface area (Å²) in [5.74, 6) is -3.35. The SMILES string of the molecule is COC1=C(NC(C)=O)C(=O)C(OC)=C(NC(C)=O)C1=O. The van der Waals surface area contributed by atoms with Crippen molar-refractivity contribution in [3.05, 3.63) is 22.9 Å². The lowest BCUT2D eigenvalue weighted by Crippen LogP contribution is -2.39. The van der Waals surface area contributed by atoms with E-state index < -0.39 is 23.4 Å². The summed E-state index contributed by atoms with van der Waals surface area (Å²) in [5, 5.41) is 4.44. The zero-order valence-corrected chi connectivity index (χ0v) is 11.4. The van der Waals surface area contributed by atoms with Gasteiger partial charge in [-0.25, -0.2) is 0 Å². The molecule has 0 aliphatic heterocycles. The van der Waals surface area contributed by atoms with Gasteiger partial charge in [0.05, 0.1) is 14.2 Å². The molecule has 0 bridgehead atoms. The van der Waals surface area contributed by atoms with Crippen LogP contribution in [0, 0.1) is 0 Å². The highest BCUT2D eigenvalue weighted by atomic mass is 16.5. The number of amides is 2. The fraction of sp³-hybridized carbons (Fsp3) is 0.333. The van der Waals surface area contributed by atoms with Gasteiger partial charge < -0.3 is 20.1 Å². The van der Waals surface area contributed by atoms with E-state index in [0.29, 0.717) is 0 Å². The van der Waals surface area contributed by atoms with E-state index in [1.807, 2.05) is 0 Å². The summed E-state index contributed by atoms with van der Waals surface area (Å²) in [6.07, 6.45) is 0. The second kappa shape index (κ2) is 6.00. The van der Waals surface area contributed by atoms with Crippen molar-refractivity contribution in [1.82, 2.24) is 10.6 Å². The van der Waals surface area contributed by atoms with Crippen LogP contribution in [0.5, 0.6) is 0 Å². The Labute approximate surface area is 114 Å². The third-order valence-corrected chi connectivity index (χ3v) is 2.33. The first-order chi connectivity index (χ1) is 9.33. The lowest BCUT2D eigenvalue weighted by molar-refractivity contribution is -0.125. The van der Waals surface area contributed by atoms with Gasteiger partial charge in [0.1, 0.15) is 11.4 Å². The molecule has 108 valence electrons. The Hall–Kier alpha value is -2.64. The zero-order chi connectivity index (χ0) is 15.4. The molecule has 2 amide bonds. The lowest BCUT2D eigenvalue weighted by atomic mass is 10.0. The number of carbonyl (C=O) groups excluding carboxylic acids is 4. The van der Waals surface area contributed by atoms with Gasteiger partial charge in [-0.15, -0.1) is 0 Å². The Balaban J connectivity index is 3.38. The van der Waals surface area contributed by atoms with E-state index in [9.17, 15) is 19.2 Å². The first-order valence-electron chi connectivity index (χ1n) is 5.54. The third kappa shape index (κ3) is 2.85. The molecule has 0 heterocycles. The van der Waals surface area contributed by atoms with Crippen molar-refractivity contribution in [2.45, 2.75) is 13.8 Å². The molecule has 0 aromatic carbocycles. The lowest BCUT2D eigenvalue weighted by Gasteiger charge is -2.21. The van der Waals surface area contributed by atoms with Crippen LogP contribution < -0.4 is 10.6 Å². The topological polar surface area (TPSA) is 111 Å². The van der Waals surface area contributed by atoms with Gasteiger partial charge in [-0.05, 0) is 0 Å². The van der Waals surface area contributed by atoms with Gasteiger partial charge in [-0.3, -0.25) is 19.2 Å². The van der Waals surface area contributed by atoms with E-state index in [-0.39, 0.29) is 22.9 Å². The first kappa shape index (κ1) is 15.4. The molecule has 8 heteroatoms. The summed E-state index contributed by atoms with van der Waals surface area (Å²) in [4.78, 5) is 46.5. The zero-order valence-electron chi connectivity index (χ0n) is 11.4. The van der Waals surface area contributed by atoms with Crippen LogP contribution in [0.15, 0.2) is 22.9 Å². The predicted molar refractivity (Wildman–Crippen MR) is 65.7 cm³/mol. The highest BCUT2D eigenvalue weighted by Gasteiger charge is 2.38. The number of carbonyl (C=O) groups is 4. The molecule has 1 rings (SSSR count). The number of methoxy groups -OCH3 is 2. The first-order valence-corrected chi connectivity index (χ1v) is 5.54. The molecular formula is C12H14N2O6. The fourth-order valence-electron chi connectivity index (χ4n) is 1.63. The van der Waals surface area contributed by atoms with E-state index in [0.717, 1.165) is 0 Å². The predicted octanol–water partition coefficient (Wildman–Crippen LogP) is -0.874. The van der Waals surface area contributed by atoms with Crippen LogP contribution in [0.1, 0.15) is 13.8 Å². The highest BCUT2D eigenvalue weighted by molar-refractivity contribution is 6.24. The third-order valence-electron chi connectivity index (χ3n) is 2.33. The van der Waals surface area contributed by atoms with Gasteiger partial charge in [0, 0.05) is 13.8 Å². The van der Waals surface area contributed by atoms with Crippen molar-refractivity contribution in [2.75, 3.05) is 14.2 Å². The Bertz CT molecular complexity index is 508. The molecule has 2 N–H and O–H groups in total. The van der Waals surface area contributed by atoms with Gasteiger partial charge >= 0.3 is 0 Å². The van der Waals surface area contributed by atoms with Crippen LogP contribution in [0.2, 0.25) is 0 Å². The van der Waals surface area contributed by atoms with Gasteiger partial charge in [0.25, 0.3) is 0 Å². The summed E-state index contributed by atoms with van der Waals surface area (Å²) in [5.41, 5.74) is -0.646. The number of ether oxygens (including phenoxy) is 2.